The van der Waals surface area contributed by atoms with Gasteiger partial charge >= 0.3 is 6.09 Å². The number of carbonyl (C=O) groups excluding carboxylic acids is 1. The minimum atomic E-state index is -0.401. The molecule has 2 aromatic carbocycles. The summed E-state index contributed by atoms with van der Waals surface area (Å²) in [5.41, 5.74) is 4.94. The summed E-state index contributed by atoms with van der Waals surface area (Å²) >= 11 is 0. The molecule has 3 rings (SSSR count). The lowest BCUT2D eigenvalue weighted by molar-refractivity contribution is 0.170. The van der Waals surface area contributed by atoms with Crippen molar-refractivity contribution in [1.82, 2.24) is 5.32 Å². The number of carbonyl (C=O) groups is 1. The summed E-state index contributed by atoms with van der Waals surface area (Å²) in [4.78, 5) is 16.0. The maximum Gasteiger partial charge on any atom is 0.406 e. The molecule has 1 atom stereocenters. The van der Waals surface area contributed by atoms with Gasteiger partial charge in [0.2, 0.25) is 0 Å². The number of fused-ring (bicyclic) bond motifs is 1. The Kier molecular flexibility index (Phi) is 5.12. The molecule has 1 heterocycles. The van der Waals surface area contributed by atoms with Crippen LogP contribution in [0.1, 0.15) is 17.2 Å². The van der Waals surface area contributed by atoms with Crippen molar-refractivity contribution in [2.75, 3.05) is 44.1 Å². The number of amides is 1. The Hall–Kier alpha value is -2.69. The summed E-state index contributed by atoms with van der Waals surface area (Å²) in [5, 5.41) is 2.86. The molecule has 0 radical (unpaired) electrons. The van der Waals surface area contributed by atoms with E-state index in [0.29, 0.717) is 6.54 Å². The normalized spacial score (nSPS) is 14.0. The molecule has 132 valence electrons. The molecule has 0 saturated heterocycles. The van der Waals surface area contributed by atoms with Gasteiger partial charge in [0, 0.05) is 38.6 Å². The van der Waals surface area contributed by atoms with E-state index < -0.39 is 6.09 Å². The van der Waals surface area contributed by atoms with E-state index in [9.17, 15) is 4.79 Å². The molecular weight excluding hydrogens is 314 g/mol. The highest BCUT2D eigenvalue weighted by molar-refractivity contribution is 5.67. The fourth-order valence-electron chi connectivity index (χ4n) is 3.34. The number of rotatable bonds is 5. The Morgan fingerprint density at radius 1 is 1.20 bits per heavy atom. The first-order valence-electron chi connectivity index (χ1n) is 8.54. The average molecular weight is 339 g/mol. The highest BCUT2D eigenvalue weighted by Gasteiger charge is 2.27. The number of nitrogens with one attached hydrogen (secondary N) is 1. The molecule has 5 nitrogen and oxygen atoms in total. The molecule has 0 saturated carbocycles. The maximum atomic E-state index is 11.6. The van der Waals surface area contributed by atoms with Crippen molar-refractivity contribution in [1.29, 1.82) is 0 Å². The van der Waals surface area contributed by atoms with Crippen LogP contribution < -0.4 is 15.1 Å². The molecule has 25 heavy (non-hydrogen) atoms. The van der Waals surface area contributed by atoms with Gasteiger partial charge in [-0.05, 0) is 35.7 Å². The van der Waals surface area contributed by atoms with E-state index in [1.165, 1.54) is 23.9 Å². The van der Waals surface area contributed by atoms with Gasteiger partial charge in [-0.15, -0.1) is 0 Å². The second-order valence-corrected chi connectivity index (χ2v) is 6.45. The zero-order valence-electron chi connectivity index (χ0n) is 15.0. The molecule has 0 spiro atoms. The van der Waals surface area contributed by atoms with Crippen molar-refractivity contribution >= 4 is 17.5 Å². The quantitative estimate of drug-likeness (QED) is 0.908. The van der Waals surface area contributed by atoms with E-state index in [2.05, 4.69) is 63.6 Å². The lowest BCUT2D eigenvalue weighted by atomic mass is 10.0. The number of anilines is 2. The summed E-state index contributed by atoms with van der Waals surface area (Å²) < 4.78 is 4.74. The topological polar surface area (TPSA) is 44.8 Å². The van der Waals surface area contributed by atoms with Crippen molar-refractivity contribution < 1.29 is 9.53 Å². The zero-order chi connectivity index (χ0) is 17.8. The Morgan fingerprint density at radius 2 is 1.92 bits per heavy atom. The number of nitrogens with zero attached hydrogens (tertiary/aromatic N) is 2. The number of alkyl carbamates (subject to hydrolysis) is 1. The fraction of sp³-hybridized carbons (Fsp3) is 0.350. The summed E-state index contributed by atoms with van der Waals surface area (Å²) in [6, 6.07) is 17.0. The highest BCUT2D eigenvalue weighted by atomic mass is 16.5. The van der Waals surface area contributed by atoms with Gasteiger partial charge in [-0.1, -0.05) is 30.3 Å². The monoisotopic (exact) mass is 339 g/mol. The van der Waals surface area contributed by atoms with Crippen molar-refractivity contribution in [3.8, 4) is 0 Å². The van der Waals surface area contributed by atoms with Crippen LogP contribution in [-0.4, -0.2) is 40.4 Å². The molecule has 5 heteroatoms. The van der Waals surface area contributed by atoms with E-state index in [1.807, 2.05) is 14.1 Å². The van der Waals surface area contributed by atoms with E-state index in [-0.39, 0.29) is 6.04 Å². The molecule has 0 aromatic heterocycles. The lowest BCUT2D eigenvalue weighted by Crippen LogP contribution is -2.37. The Balaban J connectivity index is 1.89. The van der Waals surface area contributed by atoms with Crippen LogP contribution in [0.5, 0.6) is 0 Å². The average Bonchev–Trinajstić information content (AvgIpc) is 3.06. The minimum Gasteiger partial charge on any atom is -0.453 e. The first-order chi connectivity index (χ1) is 12.1. The third-order valence-electron chi connectivity index (χ3n) is 4.72. The molecule has 1 unspecified atom stereocenters. The van der Waals surface area contributed by atoms with Crippen LogP contribution in [0.2, 0.25) is 0 Å². The number of ether oxygens (including phenoxy) is 1. The third kappa shape index (κ3) is 3.71. The second-order valence-electron chi connectivity index (χ2n) is 6.45. The van der Waals surface area contributed by atoms with Gasteiger partial charge in [-0.2, -0.15) is 0 Å². The largest absolute Gasteiger partial charge is 0.453 e. The molecule has 1 N–H and O–H groups in total. The molecule has 2 aromatic rings. The molecular formula is C20H25N3O2. The van der Waals surface area contributed by atoms with Crippen molar-refractivity contribution in [3.63, 3.8) is 0 Å². The van der Waals surface area contributed by atoms with Crippen molar-refractivity contribution in [2.45, 2.75) is 12.5 Å². The van der Waals surface area contributed by atoms with Gasteiger partial charge in [0.15, 0.2) is 0 Å². The highest BCUT2D eigenvalue weighted by Crippen LogP contribution is 2.35. The Morgan fingerprint density at radius 3 is 2.60 bits per heavy atom. The number of hydrogen-bond acceptors (Lipinski definition) is 4. The fourth-order valence-corrected chi connectivity index (χ4v) is 3.34. The van der Waals surface area contributed by atoms with Crippen LogP contribution in [-0.2, 0) is 11.2 Å². The number of methoxy groups -OCH3 is 1. The van der Waals surface area contributed by atoms with Gasteiger partial charge in [0.25, 0.3) is 0 Å². The number of para-hydroxylation sites is 1. The predicted octanol–water partition coefficient (Wildman–Crippen LogP) is 3.21. The van der Waals surface area contributed by atoms with E-state index in [4.69, 9.17) is 4.74 Å². The Labute approximate surface area is 149 Å². The molecule has 1 aliphatic heterocycles. The van der Waals surface area contributed by atoms with Crippen molar-refractivity contribution in [3.05, 3.63) is 59.7 Å². The van der Waals surface area contributed by atoms with Gasteiger partial charge in [-0.3, -0.25) is 0 Å². The van der Waals surface area contributed by atoms with Crippen LogP contribution >= 0.6 is 0 Å². The van der Waals surface area contributed by atoms with Crippen LogP contribution in [0.4, 0.5) is 16.2 Å². The van der Waals surface area contributed by atoms with Crippen LogP contribution in [0.15, 0.2) is 48.5 Å². The number of hydrogen-bond donors (Lipinski definition) is 1. The van der Waals surface area contributed by atoms with Gasteiger partial charge in [0.1, 0.15) is 0 Å². The molecule has 0 bridgehead atoms. The van der Waals surface area contributed by atoms with Gasteiger partial charge in [-0.25, -0.2) is 4.79 Å². The molecule has 1 amide bonds. The molecule has 0 aliphatic carbocycles. The van der Waals surface area contributed by atoms with E-state index in [1.54, 1.807) is 0 Å². The first-order valence-corrected chi connectivity index (χ1v) is 8.54. The summed E-state index contributed by atoms with van der Waals surface area (Å²) in [6.45, 7) is 1.45. The third-order valence-corrected chi connectivity index (χ3v) is 4.72. The van der Waals surface area contributed by atoms with Gasteiger partial charge < -0.3 is 19.9 Å². The van der Waals surface area contributed by atoms with Crippen LogP contribution in [0.25, 0.3) is 0 Å². The SMILES string of the molecule is COC(=O)NCC(c1ccc(N(C)C)cc1)N1CCc2ccccc21. The maximum absolute atomic E-state index is 11.6. The number of benzene rings is 2. The second kappa shape index (κ2) is 7.47. The lowest BCUT2D eigenvalue weighted by Gasteiger charge is -2.31. The Bertz CT molecular complexity index is 728. The van der Waals surface area contributed by atoms with Gasteiger partial charge in [0.05, 0.1) is 13.2 Å². The first kappa shape index (κ1) is 17.1. The predicted molar refractivity (Wildman–Crippen MR) is 101 cm³/mol. The minimum absolute atomic E-state index is 0.0685. The van der Waals surface area contributed by atoms with Crippen molar-refractivity contribution in [2.24, 2.45) is 0 Å². The van der Waals surface area contributed by atoms with Crippen LogP contribution in [0.3, 0.4) is 0 Å². The standard InChI is InChI=1S/C20H25N3O2/c1-22(2)17-10-8-16(9-11-17)19(14-21-20(24)25-3)23-13-12-15-6-4-5-7-18(15)23/h4-11,19H,12-14H2,1-3H3,(H,21,24). The zero-order valence-corrected chi connectivity index (χ0v) is 15.0. The van der Waals surface area contributed by atoms with Crippen LogP contribution in [0, 0.1) is 0 Å². The molecule has 1 aliphatic rings. The molecule has 0 fully saturated rings. The van der Waals surface area contributed by atoms with E-state index in [0.717, 1.165) is 18.7 Å². The summed E-state index contributed by atoms with van der Waals surface area (Å²) in [5.74, 6) is 0. The smallest absolute Gasteiger partial charge is 0.406 e. The summed E-state index contributed by atoms with van der Waals surface area (Å²) in [6.07, 6.45) is 0.628. The van der Waals surface area contributed by atoms with E-state index >= 15 is 0 Å². The summed E-state index contributed by atoms with van der Waals surface area (Å²) in [7, 11) is 5.45.